The first-order valence-corrected chi connectivity index (χ1v) is 14.6. The van der Waals surface area contributed by atoms with Gasteiger partial charge in [-0.15, -0.1) is 0 Å². The molecule has 5 rings (SSSR count). The minimum Gasteiger partial charge on any atom is -0.488 e. The summed E-state index contributed by atoms with van der Waals surface area (Å²) < 4.78 is 69.6. The maximum atomic E-state index is 14.4. The van der Waals surface area contributed by atoms with Crippen molar-refractivity contribution in [3.63, 3.8) is 0 Å². The summed E-state index contributed by atoms with van der Waals surface area (Å²) in [7, 11) is -3.10. The molecule has 0 saturated carbocycles. The predicted octanol–water partition coefficient (Wildman–Crippen LogP) is 3.64. The lowest BCUT2D eigenvalue weighted by Gasteiger charge is -2.29. The summed E-state index contributed by atoms with van der Waals surface area (Å²) in [6, 6.07) is 7.96. The van der Waals surface area contributed by atoms with E-state index >= 15 is 0 Å². The number of aromatic nitrogens is 2. The summed E-state index contributed by atoms with van der Waals surface area (Å²) in [5.74, 6) is -0.641. The molecule has 2 aromatic heterocycles. The van der Waals surface area contributed by atoms with E-state index in [1.165, 1.54) is 43.6 Å². The monoisotopic (exact) mass is 577 g/mol. The van der Waals surface area contributed by atoms with Gasteiger partial charge < -0.3 is 14.4 Å². The van der Waals surface area contributed by atoms with Crippen LogP contribution in [0.4, 0.5) is 14.5 Å². The maximum Gasteiger partial charge on any atom is 0.303 e. The van der Waals surface area contributed by atoms with Gasteiger partial charge in [-0.25, -0.2) is 18.5 Å². The fourth-order valence-electron chi connectivity index (χ4n) is 5.24. The number of rotatable bonds is 9. The highest BCUT2D eigenvalue weighted by molar-refractivity contribution is 7.87. The minimum absolute atomic E-state index is 0.0000851. The number of imidazole rings is 1. The highest BCUT2D eigenvalue weighted by Gasteiger charge is 2.32. The third-order valence-corrected chi connectivity index (χ3v) is 8.44. The molecule has 3 aromatic rings. The van der Waals surface area contributed by atoms with E-state index in [-0.39, 0.29) is 23.7 Å². The van der Waals surface area contributed by atoms with Gasteiger partial charge in [0.25, 0.3) is 5.91 Å². The lowest BCUT2D eigenvalue weighted by Crippen LogP contribution is -2.45. The number of nitrogens with one attached hydrogen (secondary N) is 1. The largest absolute Gasteiger partial charge is 0.488 e. The topological polar surface area (TPSA) is 105 Å². The van der Waals surface area contributed by atoms with Crippen molar-refractivity contribution in [2.24, 2.45) is 0 Å². The Morgan fingerprint density at radius 3 is 2.80 bits per heavy atom. The molecule has 2 saturated heterocycles. The fourth-order valence-corrected chi connectivity index (χ4v) is 6.21. The van der Waals surface area contributed by atoms with Crippen LogP contribution in [0, 0.1) is 5.82 Å². The summed E-state index contributed by atoms with van der Waals surface area (Å²) in [6.07, 6.45) is 5.30. The van der Waals surface area contributed by atoms with Crippen molar-refractivity contribution in [1.82, 2.24) is 18.4 Å². The summed E-state index contributed by atoms with van der Waals surface area (Å²) >= 11 is 0. The molecule has 216 valence electrons. The number of carbonyl (C=O) groups excluding carboxylic acids is 1. The van der Waals surface area contributed by atoms with Gasteiger partial charge in [0, 0.05) is 38.3 Å². The summed E-state index contributed by atoms with van der Waals surface area (Å²) in [4.78, 5) is 19.4. The lowest BCUT2D eigenvalue weighted by molar-refractivity contribution is 0.0971. The van der Waals surface area contributed by atoms with E-state index in [9.17, 15) is 22.0 Å². The molecular weight excluding hydrogens is 544 g/mol. The van der Waals surface area contributed by atoms with Crippen LogP contribution < -0.4 is 14.4 Å². The number of benzene rings is 1. The molecular formula is C27H33F2N5O5S. The Bertz CT molecular complexity index is 1500. The van der Waals surface area contributed by atoms with Crippen LogP contribution in [0.25, 0.3) is 5.65 Å². The molecule has 40 heavy (non-hydrogen) atoms. The Balaban J connectivity index is 1.42. The second-order valence-electron chi connectivity index (χ2n) is 10.8. The zero-order valence-electron chi connectivity index (χ0n) is 22.6. The second-order valence-corrected chi connectivity index (χ2v) is 12.6. The van der Waals surface area contributed by atoms with Gasteiger partial charge in [0.2, 0.25) is 0 Å². The van der Waals surface area contributed by atoms with Crippen molar-refractivity contribution >= 4 is 27.5 Å². The number of hydrogen-bond donors (Lipinski definition) is 1. The number of hydrogen-bond acceptors (Lipinski definition) is 7. The van der Waals surface area contributed by atoms with Crippen LogP contribution in [0.2, 0.25) is 0 Å². The van der Waals surface area contributed by atoms with Crippen LogP contribution in [-0.2, 0) is 14.9 Å². The molecule has 10 nitrogen and oxygen atoms in total. The van der Waals surface area contributed by atoms with Crippen LogP contribution in [0.5, 0.6) is 5.75 Å². The van der Waals surface area contributed by atoms with Crippen LogP contribution >= 0.6 is 0 Å². The molecule has 2 fully saturated rings. The van der Waals surface area contributed by atoms with Crippen LogP contribution in [0.3, 0.4) is 0 Å². The first-order chi connectivity index (χ1) is 18.9. The van der Waals surface area contributed by atoms with Gasteiger partial charge in [0.15, 0.2) is 0 Å². The van der Waals surface area contributed by atoms with Crippen molar-refractivity contribution in [3.8, 4) is 5.75 Å². The molecule has 0 bridgehead atoms. The zero-order chi connectivity index (χ0) is 28.7. The zero-order valence-corrected chi connectivity index (χ0v) is 23.5. The number of pyridine rings is 1. The molecule has 0 radical (unpaired) electrons. The molecule has 1 N–H and O–H groups in total. The Morgan fingerprint density at radius 2 is 2.08 bits per heavy atom. The second kappa shape index (κ2) is 10.9. The van der Waals surface area contributed by atoms with Crippen molar-refractivity contribution in [2.75, 3.05) is 38.3 Å². The van der Waals surface area contributed by atoms with Gasteiger partial charge >= 0.3 is 10.2 Å². The number of amides is 1. The number of carbonyl (C=O) groups is 1. The summed E-state index contributed by atoms with van der Waals surface area (Å²) in [5, 5.41) is 0. The first-order valence-electron chi connectivity index (χ1n) is 13.2. The van der Waals surface area contributed by atoms with E-state index < -0.39 is 28.3 Å². The standard InChI is InChI=1S/C27H33F2N5O5S/c1-27(2,29)17-32(3)40(36,37)31-26(35)23-14-30-25-9-7-19(15-34(23)25)33-11-4-5-22(33)21-13-18(28)6-8-24(21)39-20-10-12-38-16-20/h6-9,13-15,20,22H,4-5,10-12,16-17H2,1-3H3,(H,31,35)/t20-,22-/m1/s1. The summed E-state index contributed by atoms with van der Waals surface area (Å²) in [5.41, 5.74) is 0.143. The van der Waals surface area contributed by atoms with E-state index in [1.54, 1.807) is 18.3 Å². The minimum atomic E-state index is -4.29. The highest BCUT2D eigenvalue weighted by Crippen LogP contribution is 2.41. The number of ether oxygens (including phenoxy) is 2. The van der Waals surface area contributed by atoms with Crippen LogP contribution in [-0.4, -0.2) is 73.1 Å². The third kappa shape index (κ3) is 6.06. The van der Waals surface area contributed by atoms with E-state index in [4.69, 9.17) is 9.47 Å². The fraction of sp³-hybridized carbons (Fsp3) is 0.481. The van der Waals surface area contributed by atoms with E-state index in [2.05, 4.69) is 9.88 Å². The average molecular weight is 578 g/mol. The normalized spacial score (nSPS) is 20.0. The molecule has 2 atom stereocenters. The molecule has 13 heteroatoms. The number of halogens is 2. The van der Waals surface area contributed by atoms with Gasteiger partial charge in [-0.2, -0.15) is 12.7 Å². The van der Waals surface area contributed by atoms with E-state index in [1.807, 2.05) is 10.8 Å². The number of fused-ring (bicyclic) bond motifs is 1. The Morgan fingerprint density at radius 1 is 1.27 bits per heavy atom. The van der Waals surface area contributed by atoms with Crippen molar-refractivity contribution in [2.45, 2.75) is 50.9 Å². The average Bonchev–Trinajstić information content (AvgIpc) is 3.64. The van der Waals surface area contributed by atoms with Crippen LogP contribution in [0.15, 0.2) is 42.7 Å². The first kappa shape index (κ1) is 28.2. The van der Waals surface area contributed by atoms with Crippen molar-refractivity contribution < 1.29 is 31.5 Å². The van der Waals surface area contributed by atoms with E-state index in [0.29, 0.717) is 31.2 Å². The molecule has 1 aromatic carbocycles. The molecule has 2 aliphatic rings. The number of nitrogens with zero attached hydrogens (tertiary/aromatic N) is 4. The lowest BCUT2D eigenvalue weighted by atomic mass is 10.0. The maximum absolute atomic E-state index is 14.4. The molecule has 2 aliphatic heterocycles. The molecule has 0 unspecified atom stereocenters. The SMILES string of the molecule is CN(CC(C)(C)F)S(=O)(=O)NC(=O)c1cnc2ccc(N3CCC[C@@H]3c3cc(F)ccc3O[C@@H]3CCOC3)cn12. The van der Waals surface area contributed by atoms with Gasteiger partial charge in [-0.05, 0) is 57.0 Å². The van der Waals surface area contributed by atoms with Crippen LogP contribution in [0.1, 0.15) is 55.2 Å². The van der Waals surface area contributed by atoms with Crippen molar-refractivity contribution in [3.05, 3.63) is 59.8 Å². The van der Waals surface area contributed by atoms with Crippen molar-refractivity contribution in [1.29, 1.82) is 0 Å². The van der Waals surface area contributed by atoms with Gasteiger partial charge in [-0.1, -0.05) is 0 Å². The van der Waals surface area contributed by atoms with E-state index in [0.717, 1.165) is 34.8 Å². The summed E-state index contributed by atoms with van der Waals surface area (Å²) in [6.45, 7) is 3.88. The quantitative estimate of drug-likeness (QED) is 0.414. The Kier molecular flexibility index (Phi) is 7.73. The third-order valence-electron chi connectivity index (χ3n) is 7.05. The predicted molar refractivity (Wildman–Crippen MR) is 145 cm³/mol. The molecule has 1 amide bonds. The number of anilines is 1. The van der Waals surface area contributed by atoms with Gasteiger partial charge in [0.05, 0.1) is 31.1 Å². The number of alkyl halides is 1. The Hall–Kier alpha value is -3.29. The highest BCUT2D eigenvalue weighted by atomic mass is 32.2. The van der Waals surface area contributed by atoms with Gasteiger partial charge in [0.1, 0.15) is 34.7 Å². The molecule has 0 aliphatic carbocycles. The molecule has 0 spiro atoms. The van der Waals surface area contributed by atoms with Gasteiger partial charge in [-0.3, -0.25) is 9.20 Å². The Labute approximate surface area is 232 Å². The molecule has 4 heterocycles. The smallest absolute Gasteiger partial charge is 0.303 e.